The summed E-state index contributed by atoms with van der Waals surface area (Å²) in [4.78, 5) is 2.66. The fourth-order valence-electron chi connectivity index (χ4n) is 3.46. The molecule has 1 saturated heterocycles. The maximum absolute atomic E-state index is 5.77. The Morgan fingerprint density at radius 3 is 2.79 bits per heavy atom. The summed E-state index contributed by atoms with van der Waals surface area (Å²) >= 11 is 0. The van der Waals surface area contributed by atoms with Crippen molar-refractivity contribution in [2.75, 3.05) is 33.3 Å². The largest absolute Gasteiger partial charge is 0.493 e. The highest BCUT2D eigenvalue weighted by Crippen LogP contribution is 2.37. The number of rotatable bonds is 3. The van der Waals surface area contributed by atoms with Gasteiger partial charge >= 0.3 is 0 Å². The van der Waals surface area contributed by atoms with E-state index < -0.39 is 0 Å². The summed E-state index contributed by atoms with van der Waals surface area (Å²) in [5.41, 5.74) is 1.39. The molecule has 0 amide bonds. The molecule has 0 radical (unpaired) electrons. The first-order valence-electron chi connectivity index (χ1n) is 7.49. The van der Waals surface area contributed by atoms with Gasteiger partial charge in [-0.1, -0.05) is 18.2 Å². The van der Waals surface area contributed by atoms with E-state index in [0.717, 1.165) is 31.2 Å². The lowest BCUT2D eigenvalue weighted by molar-refractivity contribution is 0.0992. The minimum Gasteiger partial charge on any atom is -0.493 e. The van der Waals surface area contributed by atoms with E-state index in [0.29, 0.717) is 6.04 Å². The molecule has 19 heavy (non-hydrogen) atoms. The van der Waals surface area contributed by atoms with Crippen LogP contribution in [0.2, 0.25) is 0 Å². The molecule has 0 aliphatic carbocycles. The van der Waals surface area contributed by atoms with Crippen LogP contribution in [0.25, 0.3) is 0 Å². The topological polar surface area (TPSA) is 24.5 Å². The third-order valence-electron chi connectivity index (χ3n) is 4.51. The molecule has 1 fully saturated rings. The molecule has 104 valence electrons. The smallest absolute Gasteiger partial charge is 0.124 e. The molecule has 3 rings (SSSR count). The normalized spacial score (nSPS) is 24.8. The van der Waals surface area contributed by atoms with Gasteiger partial charge in [-0.15, -0.1) is 0 Å². The van der Waals surface area contributed by atoms with Crippen LogP contribution in [0.5, 0.6) is 5.75 Å². The van der Waals surface area contributed by atoms with E-state index in [-0.39, 0.29) is 0 Å². The van der Waals surface area contributed by atoms with Gasteiger partial charge in [0.25, 0.3) is 0 Å². The number of piperidine rings is 1. The van der Waals surface area contributed by atoms with Gasteiger partial charge in [-0.2, -0.15) is 0 Å². The fraction of sp³-hybridized carbons (Fsp3) is 0.625. The van der Waals surface area contributed by atoms with Crippen molar-refractivity contribution in [2.45, 2.75) is 25.3 Å². The first-order valence-corrected chi connectivity index (χ1v) is 7.49. The number of para-hydroxylation sites is 1. The zero-order valence-corrected chi connectivity index (χ0v) is 11.8. The molecular formula is C16H24N2O. The molecule has 2 aliphatic heterocycles. The second-order valence-corrected chi connectivity index (χ2v) is 5.73. The average Bonchev–Trinajstić information content (AvgIpc) is 2.48. The van der Waals surface area contributed by atoms with Crippen LogP contribution >= 0.6 is 0 Å². The number of nitrogens with one attached hydrogen (secondary N) is 1. The number of benzene rings is 1. The van der Waals surface area contributed by atoms with Gasteiger partial charge in [0.05, 0.1) is 6.61 Å². The Morgan fingerprint density at radius 1 is 1.21 bits per heavy atom. The van der Waals surface area contributed by atoms with Gasteiger partial charge in [0.15, 0.2) is 0 Å². The summed E-state index contributed by atoms with van der Waals surface area (Å²) in [5.74, 6) is 1.95. The van der Waals surface area contributed by atoms with E-state index in [2.05, 4.69) is 41.5 Å². The number of hydrogen-bond donors (Lipinski definition) is 1. The summed E-state index contributed by atoms with van der Waals surface area (Å²) < 4.78 is 5.77. The highest BCUT2D eigenvalue weighted by atomic mass is 16.5. The molecule has 1 aromatic carbocycles. The van der Waals surface area contributed by atoms with E-state index in [4.69, 9.17) is 4.74 Å². The van der Waals surface area contributed by atoms with Crippen LogP contribution < -0.4 is 10.1 Å². The molecular weight excluding hydrogens is 236 g/mol. The molecule has 2 aliphatic rings. The monoisotopic (exact) mass is 260 g/mol. The standard InChI is InChI=1S/C16H24N2O/c1-17-12-13-6-9-18(10-7-13)15-8-11-19-16-5-3-2-4-14(15)16/h2-5,13,15,17H,6-12H2,1H3. The van der Waals surface area contributed by atoms with Crippen LogP contribution in [-0.2, 0) is 0 Å². The molecule has 0 aromatic heterocycles. The molecule has 1 unspecified atom stereocenters. The van der Waals surface area contributed by atoms with Crippen molar-refractivity contribution >= 4 is 0 Å². The van der Waals surface area contributed by atoms with Gasteiger partial charge < -0.3 is 10.1 Å². The average molecular weight is 260 g/mol. The maximum atomic E-state index is 5.77. The zero-order valence-electron chi connectivity index (χ0n) is 11.8. The van der Waals surface area contributed by atoms with Gasteiger partial charge in [0.2, 0.25) is 0 Å². The summed E-state index contributed by atoms with van der Waals surface area (Å²) in [5, 5.41) is 3.31. The Balaban J connectivity index is 1.68. The molecule has 0 spiro atoms. The Morgan fingerprint density at radius 2 is 2.00 bits per heavy atom. The minimum atomic E-state index is 0.570. The Labute approximate surface area is 115 Å². The molecule has 1 aromatic rings. The lowest BCUT2D eigenvalue weighted by atomic mass is 9.92. The molecule has 2 heterocycles. The number of ether oxygens (including phenoxy) is 1. The zero-order chi connectivity index (χ0) is 13.1. The Hall–Kier alpha value is -1.06. The van der Waals surface area contributed by atoms with Gasteiger partial charge in [-0.05, 0) is 51.5 Å². The highest BCUT2D eigenvalue weighted by Gasteiger charge is 2.29. The van der Waals surface area contributed by atoms with Crippen LogP contribution in [0, 0.1) is 5.92 Å². The maximum Gasteiger partial charge on any atom is 0.124 e. The number of nitrogens with zero attached hydrogens (tertiary/aromatic N) is 1. The Kier molecular flexibility index (Phi) is 4.04. The van der Waals surface area contributed by atoms with Crippen molar-refractivity contribution < 1.29 is 4.74 Å². The Bertz CT molecular complexity index is 413. The quantitative estimate of drug-likeness (QED) is 0.903. The third-order valence-corrected chi connectivity index (χ3v) is 4.51. The van der Waals surface area contributed by atoms with E-state index in [9.17, 15) is 0 Å². The summed E-state index contributed by atoms with van der Waals surface area (Å²) in [6.07, 6.45) is 3.77. The highest BCUT2D eigenvalue weighted by molar-refractivity contribution is 5.37. The van der Waals surface area contributed by atoms with Gasteiger partial charge in [0, 0.05) is 18.0 Å². The SMILES string of the molecule is CNCC1CCN(C2CCOc3ccccc32)CC1. The van der Waals surface area contributed by atoms with Crippen molar-refractivity contribution in [3.63, 3.8) is 0 Å². The molecule has 1 atom stereocenters. The van der Waals surface area contributed by atoms with E-state index in [1.165, 1.54) is 31.5 Å². The van der Waals surface area contributed by atoms with E-state index >= 15 is 0 Å². The predicted octanol–water partition coefficient (Wildman–Crippen LogP) is 2.44. The van der Waals surface area contributed by atoms with E-state index in [1.54, 1.807) is 0 Å². The van der Waals surface area contributed by atoms with Crippen molar-refractivity contribution in [1.82, 2.24) is 10.2 Å². The number of hydrogen-bond acceptors (Lipinski definition) is 3. The third kappa shape index (κ3) is 2.77. The molecule has 1 N–H and O–H groups in total. The first kappa shape index (κ1) is 12.9. The van der Waals surface area contributed by atoms with Crippen LogP contribution in [0.4, 0.5) is 0 Å². The molecule has 3 nitrogen and oxygen atoms in total. The predicted molar refractivity (Wildman–Crippen MR) is 77.5 cm³/mol. The molecule has 0 saturated carbocycles. The fourth-order valence-corrected chi connectivity index (χ4v) is 3.46. The second kappa shape index (κ2) is 5.93. The van der Waals surface area contributed by atoms with Gasteiger partial charge in [-0.3, -0.25) is 4.90 Å². The van der Waals surface area contributed by atoms with Crippen molar-refractivity contribution in [3.05, 3.63) is 29.8 Å². The van der Waals surface area contributed by atoms with Crippen LogP contribution in [0.3, 0.4) is 0 Å². The van der Waals surface area contributed by atoms with Gasteiger partial charge in [-0.25, -0.2) is 0 Å². The van der Waals surface area contributed by atoms with Crippen LogP contribution in [0.1, 0.15) is 30.9 Å². The van der Waals surface area contributed by atoms with Crippen molar-refractivity contribution in [3.8, 4) is 5.75 Å². The van der Waals surface area contributed by atoms with E-state index in [1.807, 2.05) is 0 Å². The lowest BCUT2D eigenvalue weighted by Gasteiger charge is -2.40. The second-order valence-electron chi connectivity index (χ2n) is 5.73. The molecule has 0 bridgehead atoms. The minimum absolute atomic E-state index is 0.570. The van der Waals surface area contributed by atoms with Crippen LogP contribution in [-0.4, -0.2) is 38.2 Å². The van der Waals surface area contributed by atoms with Crippen LogP contribution in [0.15, 0.2) is 24.3 Å². The van der Waals surface area contributed by atoms with Gasteiger partial charge in [0.1, 0.15) is 5.75 Å². The summed E-state index contributed by atoms with van der Waals surface area (Å²) in [7, 11) is 2.06. The molecule has 3 heteroatoms. The summed E-state index contributed by atoms with van der Waals surface area (Å²) in [6, 6.07) is 9.11. The number of fused-ring (bicyclic) bond motifs is 1. The summed E-state index contributed by atoms with van der Waals surface area (Å²) in [6.45, 7) is 4.48. The van der Waals surface area contributed by atoms with Crippen molar-refractivity contribution in [2.24, 2.45) is 5.92 Å². The number of likely N-dealkylation sites (tertiary alicyclic amines) is 1. The van der Waals surface area contributed by atoms with Crippen molar-refractivity contribution in [1.29, 1.82) is 0 Å². The first-order chi connectivity index (χ1) is 9.38. The lowest BCUT2D eigenvalue weighted by Crippen LogP contribution is -2.40.